The zero-order chi connectivity index (χ0) is 10.1. The van der Waals surface area contributed by atoms with E-state index in [2.05, 4.69) is 31.0 Å². The number of nitrogens with one attached hydrogen (secondary N) is 1. The van der Waals surface area contributed by atoms with Crippen molar-refractivity contribution in [2.45, 2.75) is 33.2 Å². The highest BCUT2D eigenvalue weighted by Crippen LogP contribution is 2.28. The predicted molar refractivity (Wildman–Crippen MR) is 60.3 cm³/mol. The van der Waals surface area contributed by atoms with Gasteiger partial charge in [-0.3, -0.25) is 0 Å². The van der Waals surface area contributed by atoms with Gasteiger partial charge in [0.1, 0.15) is 0 Å². The number of rotatable bonds is 2. The summed E-state index contributed by atoms with van der Waals surface area (Å²) in [5.41, 5.74) is 0. The molecular weight excluding hydrogens is 172 g/mol. The van der Waals surface area contributed by atoms with Crippen molar-refractivity contribution < 1.29 is 0 Å². The van der Waals surface area contributed by atoms with Gasteiger partial charge in [0.25, 0.3) is 0 Å². The number of likely N-dealkylation sites (tertiary alicyclic amines) is 1. The van der Waals surface area contributed by atoms with Crippen molar-refractivity contribution in [2.24, 2.45) is 17.8 Å². The standard InChI is InChI=1S/C12H24N2/c1-9(2)6-14-7-11-4-12(8-14)10(3)13-5-11/h9-13H,4-8H2,1-3H3/t10-,11+,12+/m1/s1. The Balaban J connectivity index is 1.91. The van der Waals surface area contributed by atoms with E-state index in [0.717, 1.165) is 23.8 Å². The van der Waals surface area contributed by atoms with Crippen molar-refractivity contribution in [2.75, 3.05) is 26.2 Å². The SMILES string of the molecule is CC(C)CN1C[C@@H]2CN[C@H](C)[C@@H](C2)C1. The molecule has 0 radical (unpaired) electrons. The van der Waals surface area contributed by atoms with E-state index in [4.69, 9.17) is 0 Å². The number of piperidine rings is 2. The third-order valence-electron chi connectivity index (χ3n) is 3.70. The van der Waals surface area contributed by atoms with Crippen molar-refractivity contribution in [1.82, 2.24) is 10.2 Å². The molecule has 0 aromatic rings. The van der Waals surface area contributed by atoms with Gasteiger partial charge in [0.2, 0.25) is 0 Å². The lowest BCUT2D eigenvalue weighted by atomic mass is 9.81. The maximum atomic E-state index is 3.63. The molecule has 2 rings (SSSR count). The first-order valence-electron chi connectivity index (χ1n) is 6.11. The molecule has 2 aliphatic heterocycles. The van der Waals surface area contributed by atoms with Crippen molar-refractivity contribution in [1.29, 1.82) is 0 Å². The van der Waals surface area contributed by atoms with Crippen molar-refractivity contribution in [3.63, 3.8) is 0 Å². The first kappa shape index (κ1) is 10.4. The second-order valence-corrected chi connectivity index (χ2v) is 5.67. The largest absolute Gasteiger partial charge is 0.314 e. The summed E-state index contributed by atoms with van der Waals surface area (Å²) < 4.78 is 0. The number of nitrogens with zero attached hydrogens (tertiary/aromatic N) is 1. The molecule has 0 aliphatic carbocycles. The van der Waals surface area contributed by atoms with Gasteiger partial charge in [0.05, 0.1) is 0 Å². The fourth-order valence-electron chi connectivity index (χ4n) is 3.04. The second kappa shape index (κ2) is 4.19. The second-order valence-electron chi connectivity index (χ2n) is 5.67. The van der Waals surface area contributed by atoms with Crippen LogP contribution in [-0.2, 0) is 0 Å². The third kappa shape index (κ3) is 2.29. The predicted octanol–water partition coefficient (Wildman–Crippen LogP) is 1.57. The molecule has 0 spiro atoms. The first-order chi connectivity index (χ1) is 6.65. The number of fused-ring (bicyclic) bond motifs is 2. The molecule has 2 heterocycles. The summed E-state index contributed by atoms with van der Waals surface area (Å²) in [6.07, 6.45) is 1.46. The first-order valence-corrected chi connectivity index (χ1v) is 6.11. The van der Waals surface area contributed by atoms with Crippen LogP contribution < -0.4 is 5.32 Å². The molecule has 2 heteroatoms. The molecule has 3 atom stereocenters. The Morgan fingerprint density at radius 3 is 2.86 bits per heavy atom. The molecule has 0 unspecified atom stereocenters. The van der Waals surface area contributed by atoms with Crippen LogP contribution in [0.3, 0.4) is 0 Å². The summed E-state index contributed by atoms with van der Waals surface area (Å²) in [7, 11) is 0. The van der Waals surface area contributed by atoms with Gasteiger partial charge < -0.3 is 10.2 Å². The van der Waals surface area contributed by atoms with E-state index in [0.29, 0.717) is 0 Å². The van der Waals surface area contributed by atoms with Crippen LogP contribution in [0.4, 0.5) is 0 Å². The normalized spacial score (nSPS) is 39.0. The van der Waals surface area contributed by atoms with Crippen LogP contribution in [0.5, 0.6) is 0 Å². The van der Waals surface area contributed by atoms with E-state index >= 15 is 0 Å². The van der Waals surface area contributed by atoms with E-state index in [-0.39, 0.29) is 0 Å². The minimum Gasteiger partial charge on any atom is -0.314 e. The van der Waals surface area contributed by atoms with Gasteiger partial charge in [-0.25, -0.2) is 0 Å². The Kier molecular flexibility index (Phi) is 3.13. The molecule has 0 aromatic heterocycles. The summed E-state index contributed by atoms with van der Waals surface area (Å²) in [6.45, 7) is 12.2. The molecule has 2 bridgehead atoms. The van der Waals surface area contributed by atoms with Crippen LogP contribution in [0, 0.1) is 17.8 Å². The summed E-state index contributed by atoms with van der Waals surface area (Å²) in [5.74, 6) is 2.64. The maximum absolute atomic E-state index is 3.63. The Morgan fingerprint density at radius 2 is 2.14 bits per heavy atom. The molecule has 82 valence electrons. The van der Waals surface area contributed by atoms with Crippen molar-refractivity contribution >= 4 is 0 Å². The van der Waals surface area contributed by atoms with Crippen molar-refractivity contribution in [3.05, 3.63) is 0 Å². The minimum absolute atomic E-state index is 0.737. The summed E-state index contributed by atoms with van der Waals surface area (Å²) in [5, 5.41) is 3.63. The van der Waals surface area contributed by atoms with Gasteiger partial charge in [-0.1, -0.05) is 13.8 Å². The van der Waals surface area contributed by atoms with Crippen LogP contribution in [0.25, 0.3) is 0 Å². The average molecular weight is 196 g/mol. The molecule has 1 N–H and O–H groups in total. The van der Waals surface area contributed by atoms with Crippen LogP contribution in [-0.4, -0.2) is 37.1 Å². The molecule has 0 saturated carbocycles. The highest BCUT2D eigenvalue weighted by atomic mass is 15.2. The van der Waals surface area contributed by atoms with E-state index in [9.17, 15) is 0 Å². The lowest BCUT2D eigenvalue weighted by Crippen LogP contribution is -2.55. The van der Waals surface area contributed by atoms with Gasteiger partial charge in [-0.15, -0.1) is 0 Å². The molecule has 2 nitrogen and oxygen atoms in total. The fraction of sp³-hybridized carbons (Fsp3) is 1.00. The third-order valence-corrected chi connectivity index (χ3v) is 3.70. The highest BCUT2D eigenvalue weighted by molar-refractivity contribution is 4.90. The fourth-order valence-corrected chi connectivity index (χ4v) is 3.04. The molecule has 0 aromatic carbocycles. The maximum Gasteiger partial charge on any atom is 0.00794 e. The van der Waals surface area contributed by atoms with Crippen molar-refractivity contribution in [3.8, 4) is 0 Å². The Labute approximate surface area is 88.1 Å². The lowest BCUT2D eigenvalue weighted by Gasteiger charge is -2.45. The summed E-state index contributed by atoms with van der Waals surface area (Å²) in [6, 6.07) is 0.737. The van der Waals surface area contributed by atoms with Crippen LogP contribution in [0.2, 0.25) is 0 Å². The van der Waals surface area contributed by atoms with Crippen LogP contribution in [0.1, 0.15) is 27.2 Å². The molecule has 2 aliphatic rings. The zero-order valence-electron chi connectivity index (χ0n) is 9.79. The topological polar surface area (TPSA) is 15.3 Å². The Morgan fingerprint density at radius 1 is 1.36 bits per heavy atom. The van der Waals surface area contributed by atoms with Gasteiger partial charge in [-0.05, 0) is 37.6 Å². The lowest BCUT2D eigenvalue weighted by molar-refractivity contribution is 0.0654. The molecule has 2 fully saturated rings. The summed E-state index contributed by atoms with van der Waals surface area (Å²) in [4.78, 5) is 2.68. The molecular formula is C12H24N2. The van der Waals surface area contributed by atoms with E-state index in [1.807, 2.05) is 0 Å². The minimum atomic E-state index is 0.737. The molecule has 14 heavy (non-hydrogen) atoms. The summed E-state index contributed by atoms with van der Waals surface area (Å²) >= 11 is 0. The van der Waals surface area contributed by atoms with E-state index in [1.165, 1.54) is 32.6 Å². The van der Waals surface area contributed by atoms with Gasteiger partial charge >= 0.3 is 0 Å². The monoisotopic (exact) mass is 196 g/mol. The number of hydrogen-bond acceptors (Lipinski definition) is 2. The quantitative estimate of drug-likeness (QED) is 0.721. The molecule has 0 amide bonds. The Bertz CT molecular complexity index is 191. The van der Waals surface area contributed by atoms with Crippen LogP contribution in [0.15, 0.2) is 0 Å². The van der Waals surface area contributed by atoms with Gasteiger partial charge in [0.15, 0.2) is 0 Å². The van der Waals surface area contributed by atoms with E-state index in [1.54, 1.807) is 0 Å². The molecule has 2 saturated heterocycles. The number of hydrogen-bond donors (Lipinski definition) is 1. The van der Waals surface area contributed by atoms with Gasteiger partial charge in [0, 0.05) is 25.7 Å². The van der Waals surface area contributed by atoms with Crippen LogP contribution >= 0.6 is 0 Å². The highest BCUT2D eigenvalue weighted by Gasteiger charge is 2.34. The average Bonchev–Trinajstić information content (AvgIpc) is 2.11. The van der Waals surface area contributed by atoms with E-state index < -0.39 is 0 Å². The zero-order valence-corrected chi connectivity index (χ0v) is 9.79. The Hall–Kier alpha value is -0.0800. The smallest absolute Gasteiger partial charge is 0.00794 e. The van der Waals surface area contributed by atoms with Gasteiger partial charge in [-0.2, -0.15) is 0 Å².